The summed E-state index contributed by atoms with van der Waals surface area (Å²) in [4.78, 5) is 15.2. The lowest BCUT2D eigenvalue weighted by molar-refractivity contribution is -0.116. The normalized spacial score (nSPS) is 16.8. The van der Waals surface area contributed by atoms with Crippen molar-refractivity contribution in [2.24, 2.45) is 0 Å². The van der Waals surface area contributed by atoms with E-state index in [0.717, 1.165) is 22.5 Å². The van der Waals surface area contributed by atoms with Crippen molar-refractivity contribution in [2.45, 2.75) is 12.8 Å². The molecule has 1 atom stereocenters. The van der Waals surface area contributed by atoms with Crippen LogP contribution in [-0.2, 0) is 4.79 Å². The molecule has 0 aliphatic carbocycles. The number of para-hydroxylation sites is 1. The van der Waals surface area contributed by atoms with E-state index in [0.29, 0.717) is 4.99 Å². The number of nitrogens with zero attached hydrogens (tertiary/aromatic N) is 1. The monoisotopic (exact) mass is 296 g/mol. The Labute approximate surface area is 129 Å². The number of fused-ring (bicyclic) bond motifs is 1. The summed E-state index contributed by atoms with van der Waals surface area (Å²) in [6.07, 6.45) is 0. The van der Waals surface area contributed by atoms with E-state index < -0.39 is 5.92 Å². The van der Waals surface area contributed by atoms with E-state index in [1.54, 1.807) is 0 Å². The molecule has 0 saturated heterocycles. The molecule has 1 heterocycles. The topological polar surface area (TPSA) is 32.3 Å². The summed E-state index contributed by atoms with van der Waals surface area (Å²) in [5.74, 6) is -0.484. The summed E-state index contributed by atoms with van der Waals surface area (Å²) < 4.78 is 0. The fourth-order valence-corrected chi connectivity index (χ4v) is 2.98. The fourth-order valence-electron chi connectivity index (χ4n) is 2.65. The highest BCUT2D eigenvalue weighted by atomic mass is 32.1. The van der Waals surface area contributed by atoms with Crippen LogP contribution in [0.2, 0.25) is 0 Å². The highest BCUT2D eigenvalue weighted by Crippen LogP contribution is 2.38. The number of rotatable bonds is 2. The SMILES string of the molecule is Cc1ccc2c(c1)C(C(=O)Nc1ccccc1)C(=S)N2C. The molecule has 1 N–H and O–H groups in total. The van der Waals surface area contributed by atoms with Crippen molar-refractivity contribution in [2.75, 3.05) is 17.3 Å². The van der Waals surface area contributed by atoms with Crippen molar-refractivity contribution >= 4 is 34.5 Å². The first kappa shape index (κ1) is 13.8. The van der Waals surface area contributed by atoms with E-state index in [1.165, 1.54) is 0 Å². The van der Waals surface area contributed by atoms with Gasteiger partial charge in [-0.1, -0.05) is 48.1 Å². The number of hydrogen-bond donors (Lipinski definition) is 1. The van der Waals surface area contributed by atoms with Gasteiger partial charge in [-0.05, 0) is 30.7 Å². The Kier molecular flexibility index (Phi) is 3.47. The molecule has 1 unspecified atom stereocenters. The van der Waals surface area contributed by atoms with Crippen LogP contribution in [0.15, 0.2) is 48.5 Å². The van der Waals surface area contributed by atoms with Crippen LogP contribution >= 0.6 is 12.2 Å². The summed E-state index contributed by atoms with van der Waals surface area (Å²) in [6, 6.07) is 15.6. The minimum atomic E-state index is -0.403. The molecule has 1 amide bonds. The molecule has 4 heteroatoms. The summed E-state index contributed by atoms with van der Waals surface area (Å²) in [5.41, 5.74) is 3.91. The van der Waals surface area contributed by atoms with Gasteiger partial charge in [-0.25, -0.2) is 0 Å². The maximum atomic E-state index is 12.6. The van der Waals surface area contributed by atoms with E-state index >= 15 is 0 Å². The Bertz CT molecular complexity index is 712. The van der Waals surface area contributed by atoms with Crippen molar-refractivity contribution < 1.29 is 4.79 Å². The molecule has 0 spiro atoms. The van der Waals surface area contributed by atoms with Crippen molar-refractivity contribution in [3.8, 4) is 0 Å². The molecule has 0 bridgehead atoms. The zero-order valence-corrected chi connectivity index (χ0v) is 12.8. The molecule has 1 aliphatic heterocycles. The third-order valence-electron chi connectivity index (χ3n) is 3.74. The average Bonchev–Trinajstić information content (AvgIpc) is 2.71. The molecule has 3 nitrogen and oxygen atoms in total. The molecular formula is C17H16N2OS. The van der Waals surface area contributed by atoms with Crippen LogP contribution in [-0.4, -0.2) is 17.9 Å². The van der Waals surface area contributed by atoms with Crippen molar-refractivity contribution in [3.05, 3.63) is 59.7 Å². The Morgan fingerprint density at radius 2 is 1.90 bits per heavy atom. The molecule has 0 radical (unpaired) electrons. The van der Waals surface area contributed by atoms with Crippen LogP contribution in [0.4, 0.5) is 11.4 Å². The van der Waals surface area contributed by atoms with Crippen molar-refractivity contribution in [1.29, 1.82) is 0 Å². The molecule has 2 aromatic carbocycles. The van der Waals surface area contributed by atoms with E-state index in [2.05, 4.69) is 5.32 Å². The summed E-state index contributed by atoms with van der Waals surface area (Å²) >= 11 is 5.47. The molecule has 0 saturated carbocycles. The number of carbonyl (C=O) groups excluding carboxylic acids is 1. The Hall–Kier alpha value is -2.20. The van der Waals surface area contributed by atoms with Gasteiger partial charge in [-0.2, -0.15) is 0 Å². The smallest absolute Gasteiger partial charge is 0.238 e. The molecule has 1 aliphatic rings. The van der Waals surface area contributed by atoms with Crippen molar-refractivity contribution in [3.63, 3.8) is 0 Å². The third-order valence-corrected chi connectivity index (χ3v) is 4.25. The molecule has 0 fully saturated rings. The minimum absolute atomic E-state index is 0.0811. The van der Waals surface area contributed by atoms with Crippen LogP contribution in [0, 0.1) is 6.92 Å². The second-order valence-corrected chi connectivity index (χ2v) is 5.67. The number of anilines is 2. The van der Waals surface area contributed by atoms with Crippen LogP contribution in [0.5, 0.6) is 0 Å². The number of nitrogens with one attached hydrogen (secondary N) is 1. The number of hydrogen-bond acceptors (Lipinski definition) is 2. The first-order chi connectivity index (χ1) is 10.1. The second kappa shape index (κ2) is 5.30. The van der Waals surface area contributed by atoms with Gasteiger partial charge in [0, 0.05) is 18.4 Å². The second-order valence-electron chi connectivity index (χ2n) is 5.25. The van der Waals surface area contributed by atoms with E-state index in [1.807, 2.05) is 67.4 Å². The standard InChI is InChI=1S/C17H16N2OS/c1-11-8-9-14-13(10-11)15(17(21)19(14)2)16(20)18-12-6-4-3-5-7-12/h3-10,15H,1-2H3,(H,18,20). The van der Waals surface area contributed by atoms with Gasteiger partial charge in [0.25, 0.3) is 0 Å². The highest BCUT2D eigenvalue weighted by Gasteiger charge is 2.37. The molecule has 3 rings (SSSR count). The fraction of sp³-hybridized carbons (Fsp3) is 0.176. The van der Waals surface area contributed by atoms with Gasteiger partial charge in [-0.3, -0.25) is 4.79 Å². The van der Waals surface area contributed by atoms with Gasteiger partial charge in [0.1, 0.15) is 5.92 Å². The largest absolute Gasteiger partial charge is 0.338 e. The van der Waals surface area contributed by atoms with Crippen molar-refractivity contribution in [1.82, 2.24) is 0 Å². The van der Waals surface area contributed by atoms with Crippen LogP contribution in [0.1, 0.15) is 17.0 Å². The Balaban J connectivity index is 1.94. The number of thiocarbonyl (C=S) groups is 1. The zero-order valence-electron chi connectivity index (χ0n) is 12.0. The van der Waals surface area contributed by atoms with Gasteiger partial charge in [0.2, 0.25) is 5.91 Å². The number of aryl methyl sites for hydroxylation is 1. The third kappa shape index (κ3) is 2.43. The molecule has 2 aromatic rings. The minimum Gasteiger partial charge on any atom is -0.338 e. The number of carbonyl (C=O) groups is 1. The van der Waals surface area contributed by atoms with Gasteiger partial charge >= 0.3 is 0 Å². The number of amides is 1. The summed E-state index contributed by atoms with van der Waals surface area (Å²) in [5, 5.41) is 2.94. The predicted octanol–water partition coefficient (Wildman–Crippen LogP) is 3.49. The van der Waals surface area contributed by atoms with Gasteiger partial charge in [0.05, 0.1) is 4.99 Å². The quantitative estimate of drug-likeness (QED) is 0.861. The first-order valence-electron chi connectivity index (χ1n) is 6.82. The zero-order chi connectivity index (χ0) is 15.0. The van der Waals surface area contributed by atoms with E-state index in [4.69, 9.17) is 12.2 Å². The maximum absolute atomic E-state index is 12.6. The van der Waals surface area contributed by atoms with Gasteiger partial charge < -0.3 is 10.2 Å². The molecule has 21 heavy (non-hydrogen) atoms. The summed E-state index contributed by atoms with van der Waals surface area (Å²) in [6.45, 7) is 2.02. The molecule has 0 aromatic heterocycles. The lowest BCUT2D eigenvalue weighted by Crippen LogP contribution is -2.30. The Morgan fingerprint density at radius 3 is 2.62 bits per heavy atom. The highest BCUT2D eigenvalue weighted by molar-refractivity contribution is 7.80. The van der Waals surface area contributed by atoms with Crippen LogP contribution in [0.3, 0.4) is 0 Å². The van der Waals surface area contributed by atoms with Gasteiger partial charge in [-0.15, -0.1) is 0 Å². The predicted molar refractivity (Wildman–Crippen MR) is 90.0 cm³/mol. The Morgan fingerprint density at radius 1 is 1.19 bits per heavy atom. The first-order valence-corrected chi connectivity index (χ1v) is 7.23. The number of benzene rings is 2. The van der Waals surface area contributed by atoms with E-state index in [9.17, 15) is 4.79 Å². The van der Waals surface area contributed by atoms with E-state index in [-0.39, 0.29) is 5.91 Å². The maximum Gasteiger partial charge on any atom is 0.238 e. The van der Waals surface area contributed by atoms with Gasteiger partial charge in [0.15, 0.2) is 0 Å². The van der Waals surface area contributed by atoms with Crippen LogP contribution in [0.25, 0.3) is 0 Å². The molecule has 106 valence electrons. The summed E-state index contributed by atoms with van der Waals surface area (Å²) in [7, 11) is 1.91. The molecular weight excluding hydrogens is 280 g/mol. The van der Waals surface area contributed by atoms with Crippen LogP contribution < -0.4 is 10.2 Å². The lowest BCUT2D eigenvalue weighted by Gasteiger charge is -2.14. The number of likely N-dealkylation sites (N-methyl/N-ethyl adjacent to an activating group) is 1. The average molecular weight is 296 g/mol. The lowest BCUT2D eigenvalue weighted by atomic mass is 9.98.